The zero-order chi connectivity index (χ0) is 15.4. The Bertz CT molecular complexity index is 519. The lowest BCUT2D eigenvalue weighted by atomic mass is 9.93. The zero-order valence-corrected chi connectivity index (χ0v) is 11.6. The number of nitro benzene ring substituents is 1. The minimum absolute atomic E-state index is 0.0475. The van der Waals surface area contributed by atoms with Crippen molar-refractivity contribution in [1.82, 2.24) is 0 Å². The molecule has 0 aromatic heterocycles. The average Bonchev–Trinajstić information content (AvgIpc) is 2.48. The summed E-state index contributed by atoms with van der Waals surface area (Å²) in [5.74, 6) is -2.34. The standard InChI is InChI=1S/C14H18F2N2O3/c15-11-6-7-12(18(20)21)14(13(11)16)17(8-9-19)10-4-2-1-3-5-10/h6-7,10,19H,1-5,8-9H2. The lowest BCUT2D eigenvalue weighted by Gasteiger charge is -2.35. The van der Waals surface area contributed by atoms with Crippen molar-refractivity contribution in [1.29, 1.82) is 0 Å². The predicted octanol–water partition coefficient (Wildman–Crippen LogP) is 3.00. The van der Waals surface area contributed by atoms with Gasteiger partial charge in [-0.15, -0.1) is 0 Å². The Morgan fingerprint density at radius 1 is 1.29 bits per heavy atom. The van der Waals surface area contributed by atoms with E-state index in [2.05, 4.69) is 0 Å². The fourth-order valence-electron chi connectivity index (χ4n) is 2.93. The largest absolute Gasteiger partial charge is 0.395 e. The van der Waals surface area contributed by atoms with Crippen LogP contribution in [0.15, 0.2) is 12.1 Å². The molecule has 0 spiro atoms. The quantitative estimate of drug-likeness (QED) is 0.670. The number of benzene rings is 1. The molecular formula is C14H18F2N2O3. The van der Waals surface area contributed by atoms with Crippen molar-refractivity contribution in [3.63, 3.8) is 0 Å². The van der Waals surface area contributed by atoms with E-state index < -0.39 is 22.2 Å². The third-order valence-corrected chi connectivity index (χ3v) is 3.89. The van der Waals surface area contributed by atoms with Crippen LogP contribution in [0.1, 0.15) is 32.1 Å². The third-order valence-electron chi connectivity index (χ3n) is 3.89. The molecule has 0 aliphatic heterocycles. The van der Waals surface area contributed by atoms with Crippen LogP contribution in [0, 0.1) is 21.7 Å². The van der Waals surface area contributed by atoms with E-state index in [1.165, 1.54) is 4.90 Å². The van der Waals surface area contributed by atoms with Gasteiger partial charge in [0.2, 0.25) is 0 Å². The number of aliphatic hydroxyl groups excluding tert-OH is 1. The highest BCUT2D eigenvalue weighted by molar-refractivity contribution is 5.65. The van der Waals surface area contributed by atoms with Crippen LogP contribution in [0.25, 0.3) is 0 Å². The van der Waals surface area contributed by atoms with E-state index in [-0.39, 0.29) is 24.9 Å². The maximum atomic E-state index is 14.1. The molecule has 0 atom stereocenters. The van der Waals surface area contributed by atoms with Crippen molar-refractivity contribution >= 4 is 11.4 Å². The summed E-state index contributed by atoms with van der Waals surface area (Å²) >= 11 is 0. The SMILES string of the molecule is O=[N+]([O-])c1ccc(F)c(F)c1N(CCO)C1CCCCC1. The van der Waals surface area contributed by atoms with E-state index in [1.807, 2.05) is 0 Å². The molecule has 7 heteroatoms. The molecule has 0 radical (unpaired) electrons. The number of hydrogen-bond acceptors (Lipinski definition) is 4. The van der Waals surface area contributed by atoms with Crippen molar-refractivity contribution in [3.8, 4) is 0 Å². The van der Waals surface area contributed by atoms with Crippen molar-refractivity contribution in [2.45, 2.75) is 38.1 Å². The summed E-state index contributed by atoms with van der Waals surface area (Å²) < 4.78 is 27.7. The lowest BCUT2D eigenvalue weighted by molar-refractivity contribution is -0.384. The second-order valence-corrected chi connectivity index (χ2v) is 5.20. The first-order chi connectivity index (χ1) is 10.1. The summed E-state index contributed by atoms with van der Waals surface area (Å²) in [5, 5.41) is 20.3. The Labute approximate surface area is 121 Å². The Balaban J connectivity index is 2.47. The van der Waals surface area contributed by atoms with Crippen LogP contribution in [-0.2, 0) is 0 Å². The number of anilines is 1. The van der Waals surface area contributed by atoms with E-state index in [4.69, 9.17) is 0 Å². The summed E-state index contributed by atoms with van der Waals surface area (Å²) in [5.41, 5.74) is -0.811. The highest BCUT2D eigenvalue weighted by Crippen LogP contribution is 2.36. The van der Waals surface area contributed by atoms with E-state index in [9.17, 15) is 24.0 Å². The van der Waals surface area contributed by atoms with Crippen molar-refractivity contribution < 1.29 is 18.8 Å². The number of halogens is 2. The number of nitro groups is 1. The van der Waals surface area contributed by atoms with Gasteiger partial charge >= 0.3 is 0 Å². The molecule has 1 saturated carbocycles. The minimum Gasteiger partial charge on any atom is -0.395 e. The fraction of sp³-hybridized carbons (Fsp3) is 0.571. The van der Waals surface area contributed by atoms with Gasteiger partial charge in [0.05, 0.1) is 11.5 Å². The van der Waals surface area contributed by atoms with Crippen LogP contribution in [0.2, 0.25) is 0 Å². The maximum Gasteiger partial charge on any atom is 0.295 e. The molecule has 5 nitrogen and oxygen atoms in total. The van der Waals surface area contributed by atoms with E-state index >= 15 is 0 Å². The second-order valence-electron chi connectivity index (χ2n) is 5.20. The molecule has 1 N–H and O–H groups in total. The van der Waals surface area contributed by atoms with E-state index in [0.29, 0.717) is 0 Å². The predicted molar refractivity (Wildman–Crippen MR) is 74.3 cm³/mol. The molecule has 1 fully saturated rings. The van der Waals surface area contributed by atoms with E-state index in [1.54, 1.807) is 0 Å². The Morgan fingerprint density at radius 2 is 1.95 bits per heavy atom. The molecule has 0 unspecified atom stereocenters. The van der Waals surface area contributed by atoms with Gasteiger partial charge in [-0.3, -0.25) is 10.1 Å². The molecule has 0 amide bonds. The Hall–Kier alpha value is -1.76. The smallest absolute Gasteiger partial charge is 0.295 e. The van der Waals surface area contributed by atoms with Crippen molar-refractivity contribution in [2.75, 3.05) is 18.1 Å². The Kier molecular flexibility index (Phi) is 5.06. The third kappa shape index (κ3) is 3.29. The number of rotatable bonds is 5. The topological polar surface area (TPSA) is 66.6 Å². The zero-order valence-electron chi connectivity index (χ0n) is 11.6. The summed E-state index contributed by atoms with van der Waals surface area (Å²) in [6, 6.07) is 1.62. The van der Waals surface area contributed by atoms with Crippen molar-refractivity contribution in [2.24, 2.45) is 0 Å². The molecule has 0 heterocycles. The van der Waals surface area contributed by atoms with Crippen LogP contribution in [0.4, 0.5) is 20.2 Å². The molecule has 1 aromatic rings. The molecule has 0 saturated heterocycles. The van der Waals surface area contributed by atoms with Gasteiger partial charge in [0.15, 0.2) is 17.3 Å². The van der Waals surface area contributed by atoms with Gasteiger partial charge in [-0.25, -0.2) is 8.78 Å². The van der Waals surface area contributed by atoms with Crippen LogP contribution in [0.3, 0.4) is 0 Å². The number of aliphatic hydroxyl groups is 1. The minimum atomic E-state index is -1.22. The van der Waals surface area contributed by atoms with Gasteiger partial charge in [0, 0.05) is 18.7 Å². The van der Waals surface area contributed by atoms with Crippen LogP contribution in [-0.4, -0.2) is 29.2 Å². The summed E-state index contributed by atoms with van der Waals surface area (Å²) in [6.07, 6.45) is 4.46. The first-order valence-electron chi connectivity index (χ1n) is 7.06. The fourth-order valence-corrected chi connectivity index (χ4v) is 2.93. The molecule has 2 rings (SSSR count). The normalized spacial score (nSPS) is 16.0. The summed E-state index contributed by atoms with van der Waals surface area (Å²) in [7, 11) is 0. The molecule has 1 aromatic carbocycles. The molecular weight excluding hydrogens is 282 g/mol. The highest BCUT2D eigenvalue weighted by atomic mass is 19.2. The molecule has 21 heavy (non-hydrogen) atoms. The first kappa shape index (κ1) is 15.6. The number of hydrogen-bond donors (Lipinski definition) is 1. The summed E-state index contributed by atoms with van der Waals surface area (Å²) in [6.45, 7) is -0.227. The van der Waals surface area contributed by atoms with Crippen LogP contribution >= 0.6 is 0 Å². The van der Waals surface area contributed by atoms with Crippen molar-refractivity contribution in [3.05, 3.63) is 33.9 Å². The second kappa shape index (κ2) is 6.80. The van der Waals surface area contributed by atoms with Gasteiger partial charge in [-0.05, 0) is 18.9 Å². The molecule has 1 aliphatic rings. The van der Waals surface area contributed by atoms with Gasteiger partial charge in [0.25, 0.3) is 5.69 Å². The Morgan fingerprint density at radius 3 is 2.52 bits per heavy atom. The van der Waals surface area contributed by atoms with Gasteiger partial charge in [0.1, 0.15) is 0 Å². The van der Waals surface area contributed by atoms with Gasteiger partial charge in [-0.2, -0.15) is 0 Å². The van der Waals surface area contributed by atoms with E-state index in [0.717, 1.165) is 44.2 Å². The first-order valence-corrected chi connectivity index (χ1v) is 7.06. The van der Waals surface area contributed by atoms with Crippen LogP contribution < -0.4 is 4.90 Å². The molecule has 0 bridgehead atoms. The lowest BCUT2D eigenvalue weighted by Crippen LogP contribution is -2.40. The van der Waals surface area contributed by atoms with Crippen LogP contribution in [0.5, 0.6) is 0 Å². The summed E-state index contributed by atoms with van der Waals surface area (Å²) in [4.78, 5) is 11.8. The maximum absolute atomic E-state index is 14.1. The monoisotopic (exact) mass is 300 g/mol. The molecule has 116 valence electrons. The molecule has 1 aliphatic carbocycles. The average molecular weight is 300 g/mol. The van der Waals surface area contributed by atoms with Gasteiger partial charge in [-0.1, -0.05) is 19.3 Å². The highest BCUT2D eigenvalue weighted by Gasteiger charge is 2.31. The number of nitrogens with zero attached hydrogens (tertiary/aromatic N) is 2. The van der Waals surface area contributed by atoms with Gasteiger partial charge < -0.3 is 10.0 Å².